The number of amides is 1. The molecule has 1 saturated carbocycles. The van der Waals surface area contributed by atoms with Crippen LogP contribution in [0.4, 0.5) is 4.39 Å². The van der Waals surface area contributed by atoms with Crippen molar-refractivity contribution in [1.82, 2.24) is 5.32 Å². The van der Waals surface area contributed by atoms with Crippen molar-refractivity contribution in [2.45, 2.75) is 37.4 Å². The van der Waals surface area contributed by atoms with Crippen molar-refractivity contribution in [3.63, 3.8) is 0 Å². The molecule has 1 aliphatic rings. The number of thioether (sulfide) groups is 1. The van der Waals surface area contributed by atoms with Gasteiger partial charge in [-0.15, -0.1) is 0 Å². The van der Waals surface area contributed by atoms with E-state index in [1.165, 1.54) is 31.7 Å². The molecule has 0 aliphatic heterocycles. The molecule has 0 spiro atoms. The van der Waals surface area contributed by atoms with Crippen molar-refractivity contribution in [3.05, 3.63) is 35.6 Å². The van der Waals surface area contributed by atoms with Crippen LogP contribution in [0.2, 0.25) is 0 Å². The van der Waals surface area contributed by atoms with Crippen molar-refractivity contribution in [2.24, 2.45) is 0 Å². The highest BCUT2D eigenvalue weighted by molar-refractivity contribution is 7.99. The first-order valence-corrected chi connectivity index (χ1v) is 7.92. The Hall–Kier alpha value is -1.03. The summed E-state index contributed by atoms with van der Waals surface area (Å²) in [5.74, 6) is 0.545. The molecule has 4 heteroatoms. The molecule has 2 rings (SSSR count). The lowest BCUT2D eigenvalue weighted by atomic mass is 10.1. The largest absolute Gasteiger partial charge is 0.355 e. The minimum atomic E-state index is -0.307. The van der Waals surface area contributed by atoms with Crippen molar-refractivity contribution in [2.75, 3.05) is 12.3 Å². The smallest absolute Gasteiger partial charge is 0.224 e. The molecule has 1 aromatic carbocycles. The molecule has 0 heterocycles. The van der Waals surface area contributed by atoms with Gasteiger partial charge in [0.15, 0.2) is 0 Å². The molecule has 19 heavy (non-hydrogen) atoms. The molecule has 0 atom stereocenters. The minimum absolute atomic E-state index is 0.0999. The van der Waals surface area contributed by atoms with Crippen LogP contribution in [0.15, 0.2) is 24.3 Å². The van der Waals surface area contributed by atoms with E-state index in [1.54, 1.807) is 18.2 Å². The predicted molar refractivity (Wildman–Crippen MR) is 77.8 cm³/mol. The highest BCUT2D eigenvalue weighted by atomic mass is 32.2. The molecule has 0 unspecified atom stereocenters. The van der Waals surface area contributed by atoms with Crippen LogP contribution in [-0.2, 0) is 11.2 Å². The Balaban J connectivity index is 1.63. The molecule has 0 saturated heterocycles. The van der Waals surface area contributed by atoms with Gasteiger partial charge >= 0.3 is 0 Å². The number of halogens is 1. The molecule has 1 aromatic rings. The third-order valence-electron chi connectivity index (χ3n) is 3.39. The summed E-state index contributed by atoms with van der Waals surface area (Å²) in [7, 11) is 0. The van der Waals surface area contributed by atoms with Gasteiger partial charge in [-0.3, -0.25) is 4.79 Å². The number of rotatable bonds is 6. The standard InChI is InChI=1S/C15H20FNOS/c16-14-8-4-1-5-12(14)11-15(18)17-9-10-19-13-6-2-3-7-13/h1,4-5,8,13H,2-3,6-7,9-11H2,(H,17,18). The third-order valence-corrected chi connectivity index (χ3v) is 4.77. The van der Waals surface area contributed by atoms with Crippen molar-refractivity contribution >= 4 is 17.7 Å². The Morgan fingerprint density at radius 2 is 2.05 bits per heavy atom. The van der Waals surface area contributed by atoms with E-state index in [4.69, 9.17) is 0 Å². The predicted octanol–water partition coefficient (Wildman–Crippen LogP) is 3.16. The van der Waals surface area contributed by atoms with Crippen LogP contribution in [0, 0.1) is 5.82 Å². The molecule has 104 valence electrons. The van der Waals surface area contributed by atoms with Gasteiger partial charge in [-0.1, -0.05) is 31.0 Å². The van der Waals surface area contributed by atoms with Crippen LogP contribution in [0.25, 0.3) is 0 Å². The van der Waals surface area contributed by atoms with E-state index in [0.717, 1.165) is 11.0 Å². The maximum atomic E-state index is 13.4. The van der Waals surface area contributed by atoms with Gasteiger partial charge in [0.25, 0.3) is 0 Å². The molecule has 0 radical (unpaired) electrons. The molecular weight excluding hydrogens is 261 g/mol. The summed E-state index contributed by atoms with van der Waals surface area (Å²) in [6.07, 6.45) is 5.44. The molecule has 1 aliphatic carbocycles. The van der Waals surface area contributed by atoms with E-state index in [9.17, 15) is 9.18 Å². The average Bonchev–Trinajstić information content (AvgIpc) is 2.91. The van der Waals surface area contributed by atoms with E-state index in [0.29, 0.717) is 12.1 Å². The Morgan fingerprint density at radius 3 is 2.79 bits per heavy atom. The van der Waals surface area contributed by atoms with Gasteiger partial charge in [-0.2, -0.15) is 11.8 Å². The summed E-state index contributed by atoms with van der Waals surface area (Å²) in [6, 6.07) is 6.43. The second kappa shape index (κ2) is 7.53. The van der Waals surface area contributed by atoms with Crippen molar-refractivity contribution in [3.8, 4) is 0 Å². The molecule has 0 bridgehead atoms. The highest BCUT2D eigenvalue weighted by Gasteiger charge is 2.14. The SMILES string of the molecule is O=C(Cc1ccccc1F)NCCSC1CCCC1. The summed E-state index contributed by atoms with van der Waals surface area (Å²) in [5, 5.41) is 3.64. The molecule has 1 fully saturated rings. The molecule has 0 aromatic heterocycles. The Labute approximate surface area is 118 Å². The lowest BCUT2D eigenvalue weighted by Gasteiger charge is -2.09. The number of carbonyl (C=O) groups is 1. The summed E-state index contributed by atoms with van der Waals surface area (Å²) >= 11 is 1.95. The number of carbonyl (C=O) groups excluding carboxylic acids is 1. The molecular formula is C15H20FNOS. The average molecular weight is 281 g/mol. The quantitative estimate of drug-likeness (QED) is 0.812. The normalized spacial score (nSPS) is 15.6. The molecule has 1 N–H and O–H groups in total. The van der Waals surface area contributed by atoms with Gasteiger partial charge in [0.05, 0.1) is 6.42 Å². The van der Waals surface area contributed by atoms with Gasteiger partial charge in [0.2, 0.25) is 5.91 Å². The van der Waals surface area contributed by atoms with Gasteiger partial charge in [-0.05, 0) is 24.5 Å². The molecule has 2 nitrogen and oxygen atoms in total. The zero-order valence-electron chi connectivity index (χ0n) is 11.0. The zero-order chi connectivity index (χ0) is 13.5. The second-order valence-electron chi connectivity index (χ2n) is 4.90. The van der Waals surface area contributed by atoms with Gasteiger partial charge in [0.1, 0.15) is 5.82 Å². The number of hydrogen-bond acceptors (Lipinski definition) is 2. The van der Waals surface area contributed by atoms with Crippen LogP contribution >= 0.6 is 11.8 Å². The van der Waals surface area contributed by atoms with Crippen LogP contribution in [0.5, 0.6) is 0 Å². The molecule has 1 amide bonds. The first-order chi connectivity index (χ1) is 9.25. The van der Waals surface area contributed by atoms with Crippen molar-refractivity contribution in [1.29, 1.82) is 0 Å². The Kier molecular flexibility index (Phi) is 5.70. The van der Waals surface area contributed by atoms with Crippen LogP contribution < -0.4 is 5.32 Å². The number of benzene rings is 1. The summed E-state index contributed by atoms with van der Waals surface area (Å²) in [5.41, 5.74) is 0.462. The number of hydrogen-bond donors (Lipinski definition) is 1. The first-order valence-electron chi connectivity index (χ1n) is 6.87. The fourth-order valence-corrected chi connectivity index (χ4v) is 3.57. The monoisotopic (exact) mass is 281 g/mol. The highest BCUT2D eigenvalue weighted by Crippen LogP contribution is 2.28. The lowest BCUT2D eigenvalue weighted by Crippen LogP contribution is -2.28. The van der Waals surface area contributed by atoms with Crippen molar-refractivity contribution < 1.29 is 9.18 Å². The summed E-state index contributed by atoms with van der Waals surface area (Å²) in [4.78, 5) is 11.7. The fraction of sp³-hybridized carbons (Fsp3) is 0.533. The maximum Gasteiger partial charge on any atom is 0.224 e. The summed E-state index contributed by atoms with van der Waals surface area (Å²) in [6.45, 7) is 0.675. The topological polar surface area (TPSA) is 29.1 Å². The van der Waals surface area contributed by atoms with Gasteiger partial charge in [-0.25, -0.2) is 4.39 Å². The van der Waals surface area contributed by atoms with E-state index in [1.807, 2.05) is 11.8 Å². The van der Waals surface area contributed by atoms with Gasteiger partial charge in [0, 0.05) is 17.5 Å². The van der Waals surface area contributed by atoms with Crippen LogP contribution in [-0.4, -0.2) is 23.5 Å². The Morgan fingerprint density at radius 1 is 1.32 bits per heavy atom. The van der Waals surface area contributed by atoms with Crippen LogP contribution in [0.3, 0.4) is 0 Å². The van der Waals surface area contributed by atoms with Crippen LogP contribution in [0.1, 0.15) is 31.2 Å². The summed E-state index contributed by atoms with van der Waals surface area (Å²) < 4.78 is 13.4. The second-order valence-corrected chi connectivity index (χ2v) is 6.30. The third kappa shape index (κ3) is 4.86. The lowest BCUT2D eigenvalue weighted by molar-refractivity contribution is -0.120. The fourth-order valence-electron chi connectivity index (χ4n) is 2.35. The van der Waals surface area contributed by atoms with E-state index >= 15 is 0 Å². The van der Waals surface area contributed by atoms with E-state index in [2.05, 4.69) is 5.32 Å². The Bertz CT molecular complexity index is 418. The van der Waals surface area contributed by atoms with E-state index < -0.39 is 0 Å². The first kappa shape index (κ1) is 14.4. The number of nitrogens with one attached hydrogen (secondary N) is 1. The maximum absolute atomic E-state index is 13.4. The zero-order valence-corrected chi connectivity index (χ0v) is 11.8. The van der Waals surface area contributed by atoms with Gasteiger partial charge < -0.3 is 5.32 Å². The minimum Gasteiger partial charge on any atom is -0.355 e. The van der Waals surface area contributed by atoms with E-state index in [-0.39, 0.29) is 18.1 Å².